The maximum absolute atomic E-state index is 11.9. The van der Waals surface area contributed by atoms with Gasteiger partial charge in [0.25, 0.3) is 5.56 Å². The van der Waals surface area contributed by atoms with Crippen molar-refractivity contribution < 1.29 is 19.7 Å². The number of aliphatic hydroxyl groups is 2. The van der Waals surface area contributed by atoms with Crippen molar-refractivity contribution >= 4 is 11.5 Å². The number of nitrogens with zero attached hydrogens (tertiary/aromatic N) is 3. The first-order valence-corrected chi connectivity index (χ1v) is 6.76. The van der Waals surface area contributed by atoms with E-state index in [0.29, 0.717) is 0 Å². The number of ether oxygens (including phenoxy) is 2. The Balaban J connectivity index is 2.19. The number of anilines is 1. The molecule has 3 heterocycles. The number of hydrogen-bond acceptors (Lipinski definition) is 8. The molecule has 5 N–H and O–H groups in total. The molecule has 0 saturated carbocycles. The Labute approximate surface area is 129 Å². The first-order chi connectivity index (χ1) is 10.9. The molecule has 4 atom stereocenters. The Hall–Kier alpha value is -2.45. The molecule has 0 amide bonds. The lowest BCUT2D eigenvalue weighted by Crippen LogP contribution is -2.41. The number of nitrogens with two attached hydrogens (primary N) is 1. The summed E-state index contributed by atoms with van der Waals surface area (Å²) in [5, 5.41) is 34.0. The molecule has 0 unspecified atom stereocenters. The van der Waals surface area contributed by atoms with E-state index in [0.717, 1.165) is 4.52 Å². The number of nitriles is 1. The summed E-state index contributed by atoms with van der Waals surface area (Å²) in [5.74, 6) is -0.158. The summed E-state index contributed by atoms with van der Waals surface area (Å²) >= 11 is 0. The normalized spacial score (nSPS) is 30.6. The van der Waals surface area contributed by atoms with Gasteiger partial charge < -0.3 is 25.4 Å². The topological polar surface area (TPSA) is 159 Å². The fourth-order valence-corrected chi connectivity index (χ4v) is 2.78. The summed E-state index contributed by atoms with van der Waals surface area (Å²) in [6.45, 7) is -0.0128. The highest BCUT2D eigenvalue weighted by Crippen LogP contribution is 2.39. The lowest BCUT2D eigenvalue weighted by molar-refractivity contribution is -0.0699. The summed E-state index contributed by atoms with van der Waals surface area (Å²) in [5.41, 5.74) is 3.35. The lowest BCUT2D eigenvalue weighted by atomic mass is 9.92. The van der Waals surface area contributed by atoms with Crippen molar-refractivity contribution in [3.8, 4) is 6.07 Å². The number of nitrogens with one attached hydrogen (secondary N) is 1. The molecule has 0 aromatic carbocycles. The molecule has 0 spiro atoms. The maximum Gasteiger partial charge on any atom is 0.276 e. The molecule has 0 aliphatic carbocycles. The van der Waals surface area contributed by atoms with E-state index in [1.54, 1.807) is 0 Å². The van der Waals surface area contributed by atoms with Crippen LogP contribution in [0.5, 0.6) is 0 Å². The summed E-state index contributed by atoms with van der Waals surface area (Å²) in [6.07, 6.45) is -3.79. The first kappa shape index (κ1) is 15.4. The Morgan fingerprint density at radius 3 is 3.00 bits per heavy atom. The van der Waals surface area contributed by atoms with Gasteiger partial charge in [-0.1, -0.05) is 0 Å². The monoisotopic (exact) mass is 321 g/mol. The summed E-state index contributed by atoms with van der Waals surface area (Å²) in [4.78, 5) is 14.2. The zero-order chi connectivity index (χ0) is 16.8. The van der Waals surface area contributed by atoms with Gasteiger partial charge in [0.1, 0.15) is 29.9 Å². The summed E-state index contributed by atoms with van der Waals surface area (Å²) in [7, 11) is 1.41. The number of fused-ring (bicyclic) bond motifs is 1. The molecule has 10 heteroatoms. The molecule has 1 aliphatic heterocycles. The van der Waals surface area contributed by atoms with E-state index < -0.39 is 29.5 Å². The second-order valence-corrected chi connectivity index (χ2v) is 5.25. The van der Waals surface area contributed by atoms with Crippen molar-refractivity contribution in [2.75, 3.05) is 19.5 Å². The Morgan fingerprint density at radius 2 is 2.35 bits per heavy atom. The molecule has 2 aromatic rings. The largest absolute Gasteiger partial charge is 0.387 e. The van der Waals surface area contributed by atoms with Gasteiger partial charge in [-0.3, -0.25) is 9.78 Å². The Morgan fingerprint density at radius 1 is 1.61 bits per heavy atom. The summed E-state index contributed by atoms with van der Waals surface area (Å²) < 4.78 is 11.6. The number of methoxy groups -OCH3 is 1. The van der Waals surface area contributed by atoms with Crippen LogP contribution in [0.1, 0.15) is 5.69 Å². The SMILES string of the molecule is COC[C@H]1O[C@@](C#N)(c2ccc3c(=O)[nH]c(N)nn23)[C@H](O)[C@@H]1O. The predicted octanol–water partition coefficient (Wildman–Crippen LogP) is -1.91. The van der Waals surface area contributed by atoms with E-state index in [9.17, 15) is 20.3 Å². The summed E-state index contributed by atoms with van der Waals surface area (Å²) in [6, 6.07) is 4.72. The van der Waals surface area contributed by atoms with Crippen LogP contribution in [0.25, 0.3) is 5.52 Å². The molecule has 23 heavy (non-hydrogen) atoms. The van der Waals surface area contributed by atoms with Gasteiger partial charge in [0.15, 0.2) is 0 Å². The van der Waals surface area contributed by atoms with Crippen molar-refractivity contribution in [1.82, 2.24) is 14.6 Å². The second kappa shape index (κ2) is 5.32. The van der Waals surface area contributed by atoms with Crippen LogP contribution in [-0.4, -0.2) is 56.8 Å². The van der Waals surface area contributed by atoms with Crippen molar-refractivity contribution in [2.45, 2.75) is 23.9 Å². The standard InChI is InChI=1S/C13H15N5O5/c1-22-4-7-9(19)10(20)13(5-14,23-7)8-3-2-6-11(21)16-12(15)17-18(6)8/h2-3,7,9-10,19-20H,4H2,1H3,(H3,15,16,17,21)/t7-,9-,10-,13+/m1/s1. The molecule has 10 nitrogen and oxygen atoms in total. The van der Waals surface area contributed by atoms with Crippen molar-refractivity contribution in [2.24, 2.45) is 0 Å². The number of rotatable bonds is 3. The van der Waals surface area contributed by atoms with Crippen LogP contribution in [0.4, 0.5) is 5.95 Å². The molecule has 1 fully saturated rings. The van der Waals surface area contributed by atoms with Crippen LogP contribution in [0.2, 0.25) is 0 Å². The van der Waals surface area contributed by atoms with Crippen LogP contribution >= 0.6 is 0 Å². The van der Waals surface area contributed by atoms with E-state index in [-0.39, 0.29) is 23.8 Å². The van der Waals surface area contributed by atoms with E-state index in [2.05, 4.69) is 10.1 Å². The molecule has 122 valence electrons. The number of aliphatic hydroxyl groups excluding tert-OH is 2. The quantitative estimate of drug-likeness (QED) is 0.509. The third-order valence-corrected chi connectivity index (χ3v) is 3.87. The number of hydrogen-bond donors (Lipinski definition) is 4. The van der Waals surface area contributed by atoms with Gasteiger partial charge in [-0.05, 0) is 12.1 Å². The van der Waals surface area contributed by atoms with E-state index in [4.69, 9.17) is 15.2 Å². The second-order valence-electron chi connectivity index (χ2n) is 5.25. The van der Waals surface area contributed by atoms with Gasteiger partial charge in [-0.25, -0.2) is 4.52 Å². The van der Waals surface area contributed by atoms with Crippen LogP contribution in [0, 0.1) is 11.3 Å². The molecule has 3 rings (SSSR count). The highest BCUT2D eigenvalue weighted by molar-refractivity contribution is 5.50. The highest BCUT2D eigenvalue weighted by Gasteiger charge is 2.57. The van der Waals surface area contributed by atoms with E-state index >= 15 is 0 Å². The number of nitrogen functional groups attached to an aromatic ring is 1. The van der Waals surface area contributed by atoms with Gasteiger partial charge in [-0.2, -0.15) is 5.26 Å². The van der Waals surface area contributed by atoms with Crippen molar-refractivity contribution in [3.05, 3.63) is 28.2 Å². The molecule has 0 radical (unpaired) electrons. The average Bonchev–Trinajstić information content (AvgIpc) is 3.03. The molecule has 1 aliphatic rings. The lowest BCUT2D eigenvalue weighted by Gasteiger charge is -2.24. The van der Waals surface area contributed by atoms with Gasteiger partial charge in [0.2, 0.25) is 11.5 Å². The van der Waals surface area contributed by atoms with Crippen LogP contribution in [0.15, 0.2) is 16.9 Å². The van der Waals surface area contributed by atoms with E-state index in [1.807, 2.05) is 6.07 Å². The van der Waals surface area contributed by atoms with Gasteiger partial charge >= 0.3 is 0 Å². The number of H-pyrrole nitrogens is 1. The third kappa shape index (κ3) is 2.10. The maximum atomic E-state index is 11.9. The zero-order valence-electron chi connectivity index (χ0n) is 12.1. The Kier molecular flexibility index (Phi) is 3.57. The Bertz CT molecular complexity index is 839. The third-order valence-electron chi connectivity index (χ3n) is 3.87. The van der Waals surface area contributed by atoms with Crippen LogP contribution in [0.3, 0.4) is 0 Å². The van der Waals surface area contributed by atoms with Gasteiger partial charge in [0.05, 0.1) is 12.3 Å². The minimum Gasteiger partial charge on any atom is -0.387 e. The predicted molar refractivity (Wildman–Crippen MR) is 76.3 cm³/mol. The average molecular weight is 321 g/mol. The van der Waals surface area contributed by atoms with Crippen molar-refractivity contribution in [3.63, 3.8) is 0 Å². The van der Waals surface area contributed by atoms with Crippen molar-refractivity contribution in [1.29, 1.82) is 5.26 Å². The fourth-order valence-electron chi connectivity index (χ4n) is 2.78. The number of aromatic nitrogens is 3. The fraction of sp³-hybridized carbons (Fsp3) is 0.462. The van der Waals surface area contributed by atoms with Gasteiger partial charge in [0, 0.05) is 7.11 Å². The molecule has 1 saturated heterocycles. The molecule has 0 bridgehead atoms. The van der Waals surface area contributed by atoms with Crippen LogP contribution in [-0.2, 0) is 15.1 Å². The molecular weight excluding hydrogens is 306 g/mol. The van der Waals surface area contributed by atoms with Gasteiger partial charge in [-0.15, -0.1) is 5.10 Å². The van der Waals surface area contributed by atoms with E-state index in [1.165, 1.54) is 19.2 Å². The van der Waals surface area contributed by atoms with Crippen LogP contribution < -0.4 is 11.3 Å². The number of aromatic amines is 1. The molecular formula is C13H15N5O5. The molecule has 2 aromatic heterocycles. The first-order valence-electron chi connectivity index (χ1n) is 6.76. The zero-order valence-corrected chi connectivity index (χ0v) is 12.1. The minimum atomic E-state index is -1.90. The highest BCUT2D eigenvalue weighted by atomic mass is 16.6. The smallest absolute Gasteiger partial charge is 0.276 e. The minimum absolute atomic E-state index is 0.0128.